The first-order chi connectivity index (χ1) is 12.6. The van der Waals surface area contributed by atoms with E-state index in [0.717, 1.165) is 42.5 Å². The molecule has 4 aromatic rings. The van der Waals surface area contributed by atoms with Crippen LogP contribution >= 0.6 is 35.0 Å². The summed E-state index contributed by atoms with van der Waals surface area (Å²) in [6.07, 6.45) is 0. The summed E-state index contributed by atoms with van der Waals surface area (Å²) in [7, 11) is 0. The van der Waals surface area contributed by atoms with E-state index >= 15 is 0 Å². The summed E-state index contributed by atoms with van der Waals surface area (Å²) in [6.45, 7) is 2.05. The molecule has 0 amide bonds. The van der Waals surface area contributed by atoms with Gasteiger partial charge in [0, 0.05) is 30.8 Å². The van der Waals surface area contributed by atoms with Crippen molar-refractivity contribution in [1.82, 2.24) is 4.98 Å². The number of aromatic nitrogens is 1. The highest BCUT2D eigenvalue weighted by molar-refractivity contribution is 7.99. The van der Waals surface area contributed by atoms with Crippen molar-refractivity contribution < 1.29 is 0 Å². The van der Waals surface area contributed by atoms with Gasteiger partial charge in [-0.2, -0.15) is 0 Å². The fraction of sp³-hybridized carbons (Fsp3) is 0.0455. The van der Waals surface area contributed by atoms with Crippen molar-refractivity contribution in [3.63, 3.8) is 0 Å². The van der Waals surface area contributed by atoms with Gasteiger partial charge in [-0.3, -0.25) is 4.98 Å². The highest BCUT2D eigenvalue weighted by Gasteiger charge is 2.16. The van der Waals surface area contributed by atoms with Crippen LogP contribution in [0.5, 0.6) is 0 Å². The van der Waals surface area contributed by atoms with E-state index in [1.165, 1.54) is 0 Å². The van der Waals surface area contributed by atoms with Crippen molar-refractivity contribution in [2.24, 2.45) is 0 Å². The summed E-state index contributed by atoms with van der Waals surface area (Å²) in [4.78, 5) is 7.07. The first-order valence-electron chi connectivity index (χ1n) is 8.20. The predicted octanol–water partition coefficient (Wildman–Crippen LogP) is 7.67. The van der Waals surface area contributed by atoms with Gasteiger partial charge in [0.1, 0.15) is 0 Å². The largest absolute Gasteiger partial charge is 0.252 e. The van der Waals surface area contributed by atoms with Crippen LogP contribution in [0.15, 0.2) is 82.6 Å². The topological polar surface area (TPSA) is 12.9 Å². The number of fused-ring (bicyclic) bond motifs is 1. The van der Waals surface area contributed by atoms with Crippen molar-refractivity contribution in [1.29, 1.82) is 0 Å². The molecule has 0 saturated heterocycles. The number of hydrogen-bond donors (Lipinski definition) is 0. The minimum atomic E-state index is 0.711. The van der Waals surface area contributed by atoms with Crippen molar-refractivity contribution >= 4 is 45.9 Å². The summed E-state index contributed by atoms with van der Waals surface area (Å²) in [5, 5.41) is 2.51. The first kappa shape index (κ1) is 17.4. The highest BCUT2D eigenvalue weighted by Crippen LogP contribution is 2.42. The normalized spacial score (nSPS) is 11.0. The van der Waals surface area contributed by atoms with Gasteiger partial charge in [0.25, 0.3) is 0 Å². The Morgan fingerprint density at radius 2 is 1.50 bits per heavy atom. The molecule has 26 heavy (non-hydrogen) atoms. The molecule has 0 N–H and O–H groups in total. The molecule has 128 valence electrons. The number of halogens is 2. The van der Waals surface area contributed by atoms with Crippen molar-refractivity contribution in [3.05, 3.63) is 88.5 Å². The Morgan fingerprint density at radius 1 is 0.808 bits per heavy atom. The second kappa shape index (κ2) is 7.32. The maximum atomic E-state index is 6.30. The fourth-order valence-corrected chi connectivity index (χ4v) is 4.31. The van der Waals surface area contributed by atoms with Crippen LogP contribution in [0.3, 0.4) is 0 Å². The predicted molar refractivity (Wildman–Crippen MR) is 113 cm³/mol. The molecule has 1 aromatic heterocycles. The quantitative estimate of drug-likeness (QED) is 0.352. The zero-order valence-electron chi connectivity index (χ0n) is 14.0. The average molecular weight is 396 g/mol. The monoisotopic (exact) mass is 395 g/mol. The Balaban J connectivity index is 1.98. The molecule has 1 nitrogen and oxygen atoms in total. The lowest BCUT2D eigenvalue weighted by Crippen LogP contribution is -1.94. The molecule has 3 aromatic carbocycles. The van der Waals surface area contributed by atoms with E-state index in [1.54, 1.807) is 11.8 Å². The number of aryl methyl sites for hydroxylation is 1. The molecule has 4 heteroatoms. The Morgan fingerprint density at radius 3 is 2.23 bits per heavy atom. The second-order valence-electron chi connectivity index (χ2n) is 5.98. The molecule has 0 aliphatic rings. The van der Waals surface area contributed by atoms with Gasteiger partial charge in [-0.25, -0.2) is 0 Å². The van der Waals surface area contributed by atoms with E-state index in [-0.39, 0.29) is 0 Å². The van der Waals surface area contributed by atoms with E-state index in [1.807, 2.05) is 48.5 Å². The Hall–Kier alpha value is -2.00. The highest BCUT2D eigenvalue weighted by atomic mass is 35.5. The number of nitrogens with zero attached hydrogens (tertiary/aromatic N) is 1. The van der Waals surface area contributed by atoms with Gasteiger partial charge in [0.2, 0.25) is 0 Å². The third-order valence-corrected chi connectivity index (χ3v) is 5.87. The van der Waals surface area contributed by atoms with E-state index in [2.05, 4.69) is 31.2 Å². The molecule has 0 unspecified atom stereocenters. The van der Waals surface area contributed by atoms with Crippen LogP contribution in [-0.2, 0) is 0 Å². The van der Waals surface area contributed by atoms with Gasteiger partial charge in [0.05, 0.1) is 11.2 Å². The van der Waals surface area contributed by atoms with Crippen LogP contribution < -0.4 is 0 Å². The number of benzene rings is 3. The van der Waals surface area contributed by atoms with Crippen LogP contribution in [0, 0.1) is 6.92 Å². The van der Waals surface area contributed by atoms with Crippen LogP contribution in [0.4, 0.5) is 0 Å². The van der Waals surface area contributed by atoms with Gasteiger partial charge in [-0.15, -0.1) is 0 Å². The van der Waals surface area contributed by atoms with Gasteiger partial charge < -0.3 is 0 Å². The lowest BCUT2D eigenvalue weighted by molar-refractivity contribution is 1.16. The van der Waals surface area contributed by atoms with Crippen molar-refractivity contribution in [2.75, 3.05) is 0 Å². The Kier molecular flexibility index (Phi) is 4.90. The van der Waals surface area contributed by atoms with Crippen LogP contribution in [0.1, 0.15) is 5.69 Å². The minimum Gasteiger partial charge on any atom is -0.252 e. The standard InChI is InChI=1S/C22H15Cl2NS/c1-14-22(26-18-10-7-16(23)8-11-18)21(15-5-3-2-4-6-15)19-13-17(24)9-12-20(19)25-14/h2-13H,1H3. The summed E-state index contributed by atoms with van der Waals surface area (Å²) in [5.74, 6) is 0. The molecule has 0 fully saturated rings. The smallest absolute Gasteiger partial charge is 0.0713 e. The molecule has 0 saturated carbocycles. The molecule has 0 aliphatic carbocycles. The lowest BCUT2D eigenvalue weighted by atomic mass is 10.00. The third-order valence-electron chi connectivity index (χ3n) is 4.17. The molecule has 0 bridgehead atoms. The zero-order chi connectivity index (χ0) is 18.1. The Labute approximate surface area is 167 Å². The number of pyridine rings is 1. The molecular formula is C22H15Cl2NS. The second-order valence-corrected chi connectivity index (χ2v) is 7.94. The van der Waals surface area contributed by atoms with Gasteiger partial charge in [-0.05, 0) is 55.0 Å². The fourth-order valence-electron chi connectivity index (χ4n) is 2.98. The SMILES string of the molecule is Cc1nc2ccc(Cl)cc2c(-c2ccccc2)c1Sc1ccc(Cl)cc1. The summed E-state index contributed by atoms with van der Waals surface area (Å²) >= 11 is 14.0. The van der Waals surface area contributed by atoms with Gasteiger partial charge in [0.15, 0.2) is 0 Å². The maximum Gasteiger partial charge on any atom is 0.0713 e. The third kappa shape index (κ3) is 3.45. The number of hydrogen-bond acceptors (Lipinski definition) is 2. The summed E-state index contributed by atoms with van der Waals surface area (Å²) in [5.41, 5.74) is 4.27. The zero-order valence-corrected chi connectivity index (χ0v) is 16.4. The van der Waals surface area contributed by atoms with Gasteiger partial charge >= 0.3 is 0 Å². The molecule has 1 heterocycles. The van der Waals surface area contributed by atoms with Crippen LogP contribution in [0.2, 0.25) is 10.0 Å². The molecular weight excluding hydrogens is 381 g/mol. The number of rotatable bonds is 3. The minimum absolute atomic E-state index is 0.711. The molecule has 0 aliphatic heterocycles. The van der Waals surface area contributed by atoms with Gasteiger partial charge in [-0.1, -0.05) is 65.3 Å². The lowest BCUT2D eigenvalue weighted by Gasteiger charge is -2.16. The van der Waals surface area contributed by atoms with Crippen LogP contribution in [-0.4, -0.2) is 4.98 Å². The maximum absolute atomic E-state index is 6.30. The molecule has 4 rings (SSSR count). The van der Waals surface area contributed by atoms with Crippen molar-refractivity contribution in [3.8, 4) is 11.1 Å². The van der Waals surface area contributed by atoms with E-state index < -0.39 is 0 Å². The Bertz CT molecular complexity index is 1080. The van der Waals surface area contributed by atoms with E-state index in [0.29, 0.717) is 5.02 Å². The molecule has 0 atom stereocenters. The van der Waals surface area contributed by atoms with E-state index in [9.17, 15) is 0 Å². The van der Waals surface area contributed by atoms with E-state index in [4.69, 9.17) is 28.2 Å². The average Bonchev–Trinajstić information content (AvgIpc) is 2.65. The summed E-state index contributed by atoms with van der Waals surface area (Å²) < 4.78 is 0. The molecule has 0 radical (unpaired) electrons. The first-order valence-corrected chi connectivity index (χ1v) is 9.78. The summed E-state index contributed by atoms with van der Waals surface area (Å²) in [6, 6.07) is 24.1. The van der Waals surface area contributed by atoms with Crippen LogP contribution in [0.25, 0.3) is 22.0 Å². The molecule has 0 spiro atoms. The van der Waals surface area contributed by atoms with Crippen molar-refractivity contribution in [2.45, 2.75) is 16.7 Å².